The van der Waals surface area contributed by atoms with Crippen molar-refractivity contribution in [2.75, 3.05) is 5.75 Å². The zero-order valence-electron chi connectivity index (χ0n) is 9.20. The minimum Gasteiger partial charge on any atom is -0.401 e. The Bertz CT molecular complexity index is 670. The second-order valence-electron chi connectivity index (χ2n) is 3.59. The third-order valence-electron chi connectivity index (χ3n) is 2.28. The van der Waals surface area contributed by atoms with Gasteiger partial charge in [-0.05, 0) is 12.1 Å². The summed E-state index contributed by atoms with van der Waals surface area (Å²) in [7, 11) is -3.97. The molecule has 6 heteroatoms. The molecule has 1 heterocycles. The Balaban J connectivity index is 2.39. The molecule has 0 aliphatic carbocycles. The average molecular weight is 254 g/mol. The van der Waals surface area contributed by atoms with E-state index >= 15 is 0 Å². The summed E-state index contributed by atoms with van der Waals surface area (Å²) in [4.78, 5) is 0. The van der Waals surface area contributed by atoms with E-state index in [0.29, 0.717) is 5.89 Å². The van der Waals surface area contributed by atoms with Gasteiger partial charge >= 0.3 is 5.89 Å². The maximum absolute atomic E-state index is 10.6. The number of oxazole rings is 1. The van der Waals surface area contributed by atoms with Crippen molar-refractivity contribution in [3.05, 3.63) is 36.2 Å². The Morgan fingerprint density at radius 2 is 2.12 bits per heavy atom. The van der Waals surface area contributed by atoms with Crippen LogP contribution in [0.2, 0.25) is 0 Å². The molecule has 0 atom stereocenters. The highest BCUT2D eigenvalue weighted by Crippen LogP contribution is 2.12. The third-order valence-corrected chi connectivity index (χ3v) is 2.90. The topological polar surface area (TPSA) is 71.4 Å². The first kappa shape index (κ1) is 11.8. The zero-order valence-corrected chi connectivity index (χ0v) is 10.0. The van der Waals surface area contributed by atoms with Crippen LogP contribution in [0.3, 0.4) is 0 Å². The molecule has 0 saturated carbocycles. The Morgan fingerprint density at radius 1 is 1.41 bits per heavy atom. The summed E-state index contributed by atoms with van der Waals surface area (Å²) in [6.45, 7) is 1.78. The van der Waals surface area contributed by atoms with Crippen molar-refractivity contribution in [3.63, 3.8) is 0 Å². The second-order valence-corrected chi connectivity index (χ2v) is 5.09. The molecular formula is C11H12NO4S+. The van der Waals surface area contributed by atoms with E-state index in [0.717, 1.165) is 11.1 Å². The predicted octanol–water partition coefficient (Wildman–Crippen LogP) is 1.39. The Labute approximate surface area is 98.7 Å². The Kier molecular flexibility index (Phi) is 2.99. The molecule has 90 valence electrons. The van der Waals surface area contributed by atoms with Gasteiger partial charge in [0.1, 0.15) is 0 Å². The van der Waals surface area contributed by atoms with Crippen molar-refractivity contribution in [3.8, 4) is 0 Å². The fraction of sp³-hybridized carbons (Fsp3) is 0.182. The molecule has 2 aromatic rings. The molecule has 0 fully saturated rings. The van der Waals surface area contributed by atoms with Gasteiger partial charge in [-0.15, -0.1) is 4.57 Å². The normalized spacial score (nSPS) is 12.6. The van der Waals surface area contributed by atoms with Gasteiger partial charge < -0.3 is 4.42 Å². The number of nitrogens with zero attached hydrogens (tertiary/aromatic N) is 1. The maximum atomic E-state index is 10.6. The zero-order chi connectivity index (χ0) is 12.5. The van der Waals surface area contributed by atoms with Gasteiger partial charge in [-0.1, -0.05) is 12.1 Å². The summed E-state index contributed by atoms with van der Waals surface area (Å²) in [6.07, 6.45) is 2.93. The molecule has 0 aliphatic heterocycles. The average Bonchev–Trinajstić information content (AvgIpc) is 2.54. The van der Waals surface area contributed by atoms with E-state index in [4.69, 9.17) is 8.97 Å². The minimum atomic E-state index is -3.97. The van der Waals surface area contributed by atoms with Gasteiger partial charge in [0.2, 0.25) is 5.58 Å². The highest BCUT2D eigenvalue weighted by Gasteiger charge is 2.15. The van der Waals surface area contributed by atoms with Crippen LogP contribution in [0, 0.1) is 6.92 Å². The molecule has 0 radical (unpaired) electrons. The van der Waals surface area contributed by atoms with Crippen LogP contribution >= 0.6 is 0 Å². The summed E-state index contributed by atoms with van der Waals surface area (Å²) in [5.74, 6) is 0.219. The summed E-state index contributed by atoms with van der Waals surface area (Å²) < 4.78 is 37.0. The lowest BCUT2D eigenvalue weighted by atomic mass is 10.3. The van der Waals surface area contributed by atoms with Crippen LogP contribution in [0.15, 0.2) is 34.8 Å². The van der Waals surface area contributed by atoms with Gasteiger partial charge in [0.25, 0.3) is 15.6 Å². The summed E-state index contributed by atoms with van der Waals surface area (Å²) >= 11 is 0. The first-order valence-electron chi connectivity index (χ1n) is 4.99. The molecular weight excluding hydrogens is 242 g/mol. The number of rotatable bonds is 3. The smallest absolute Gasteiger partial charge is 0.350 e. The predicted molar refractivity (Wildman–Crippen MR) is 62.9 cm³/mol. The molecule has 2 rings (SSSR count). The van der Waals surface area contributed by atoms with Gasteiger partial charge in [-0.3, -0.25) is 4.55 Å². The van der Waals surface area contributed by atoms with Crippen LogP contribution in [-0.4, -0.2) is 18.7 Å². The number of hydrogen-bond donors (Lipinski definition) is 1. The highest BCUT2D eigenvalue weighted by atomic mass is 32.2. The molecule has 5 nitrogen and oxygen atoms in total. The minimum absolute atomic E-state index is 0.418. The lowest BCUT2D eigenvalue weighted by molar-refractivity contribution is -0.553. The van der Waals surface area contributed by atoms with E-state index in [1.165, 1.54) is 6.08 Å². The number of aromatic nitrogens is 1. The molecule has 0 aliphatic rings. The van der Waals surface area contributed by atoms with E-state index in [9.17, 15) is 8.42 Å². The van der Waals surface area contributed by atoms with Crippen LogP contribution < -0.4 is 4.57 Å². The van der Waals surface area contributed by atoms with Gasteiger partial charge in [-0.2, -0.15) is 8.42 Å². The van der Waals surface area contributed by atoms with Crippen molar-refractivity contribution >= 4 is 27.4 Å². The van der Waals surface area contributed by atoms with E-state index in [2.05, 4.69) is 0 Å². The third kappa shape index (κ3) is 2.72. The van der Waals surface area contributed by atoms with Crippen molar-refractivity contribution in [1.82, 2.24) is 0 Å². The largest absolute Gasteiger partial charge is 0.401 e. The molecule has 0 saturated heterocycles. The number of aryl methyl sites for hydroxylation is 1. The first-order valence-corrected chi connectivity index (χ1v) is 6.60. The molecule has 0 amide bonds. The summed E-state index contributed by atoms with van der Waals surface area (Å²) in [6, 6.07) is 7.42. The number of benzene rings is 1. The number of fused-ring (bicyclic) bond motifs is 1. The number of hydrogen-bond acceptors (Lipinski definition) is 3. The van der Waals surface area contributed by atoms with Gasteiger partial charge in [0.15, 0.2) is 6.20 Å². The molecule has 17 heavy (non-hydrogen) atoms. The molecule has 1 aromatic heterocycles. The SMILES string of the molecule is Cc1oc2ccccc2[n+]1C=CCS(=O)(=O)O. The van der Waals surface area contributed by atoms with Gasteiger partial charge in [-0.25, -0.2) is 0 Å². The quantitative estimate of drug-likeness (QED) is 0.663. The molecule has 0 spiro atoms. The molecule has 1 N–H and O–H groups in total. The summed E-state index contributed by atoms with van der Waals surface area (Å²) in [5, 5.41) is 0. The van der Waals surface area contributed by atoms with Crippen molar-refractivity contribution in [2.45, 2.75) is 6.92 Å². The molecule has 0 bridgehead atoms. The molecule has 1 aromatic carbocycles. The standard InChI is InChI=1S/C11H11NO4S/c1-9-12(7-4-8-17(13,14)15)10-5-2-3-6-11(10)16-9/h2-7H,8H2,1H3/p+1. The highest BCUT2D eigenvalue weighted by molar-refractivity contribution is 7.85. The first-order chi connectivity index (χ1) is 7.97. The number of para-hydroxylation sites is 2. The van der Waals surface area contributed by atoms with E-state index < -0.39 is 15.9 Å². The van der Waals surface area contributed by atoms with E-state index in [1.54, 1.807) is 17.7 Å². The second kappa shape index (κ2) is 4.31. The van der Waals surface area contributed by atoms with Crippen LogP contribution in [0.4, 0.5) is 0 Å². The van der Waals surface area contributed by atoms with Crippen LogP contribution in [0.25, 0.3) is 17.3 Å². The van der Waals surface area contributed by atoms with Crippen LogP contribution in [-0.2, 0) is 10.1 Å². The monoisotopic (exact) mass is 254 g/mol. The van der Waals surface area contributed by atoms with E-state index in [-0.39, 0.29) is 0 Å². The summed E-state index contributed by atoms with van der Waals surface area (Å²) in [5.41, 5.74) is 1.57. The maximum Gasteiger partial charge on any atom is 0.350 e. The Morgan fingerprint density at radius 3 is 2.82 bits per heavy atom. The van der Waals surface area contributed by atoms with Crippen molar-refractivity contribution in [2.24, 2.45) is 0 Å². The fourth-order valence-corrected chi connectivity index (χ4v) is 1.90. The molecule has 0 unspecified atom stereocenters. The Hall–Kier alpha value is -1.66. The lowest BCUT2D eigenvalue weighted by Crippen LogP contribution is -2.27. The van der Waals surface area contributed by atoms with Crippen molar-refractivity contribution in [1.29, 1.82) is 0 Å². The van der Waals surface area contributed by atoms with E-state index in [1.807, 2.05) is 24.3 Å². The lowest BCUT2D eigenvalue weighted by Gasteiger charge is -1.87. The fourth-order valence-electron chi connectivity index (χ4n) is 1.58. The van der Waals surface area contributed by atoms with Gasteiger partial charge in [0.05, 0.1) is 12.7 Å². The van der Waals surface area contributed by atoms with Crippen molar-refractivity contribution < 1.29 is 22.0 Å². The van der Waals surface area contributed by atoms with Crippen LogP contribution in [0.1, 0.15) is 5.89 Å². The van der Waals surface area contributed by atoms with Crippen LogP contribution in [0.5, 0.6) is 0 Å². The van der Waals surface area contributed by atoms with Gasteiger partial charge in [0, 0.05) is 6.07 Å².